The summed E-state index contributed by atoms with van der Waals surface area (Å²) in [4.78, 5) is 0.276. The van der Waals surface area contributed by atoms with Crippen LogP contribution >= 0.6 is 0 Å². The molecule has 0 amide bonds. The molecular weight excluding hydrogens is 288 g/mol. The van der Waals surface area contributed by atoms with E-state index in [-0.39, 0.29) is 41.3 Å². The van der Waals surface area contributed by atoms with Crippen LogP contribution in [0.1, 0.15) is 29.8 Å². The van der Waals surface area contributed by atoms with Crippen LogP contribution in [-0.2, 0) is 17.7 Å². The normalized spacial score (nSPS) is 30.3. The zero-order valence-electron chi connectivity index (χ0n) is 11.6. The molecule has 0 unspecified atom stereocenters. The predicted octanol–water partition coefficient (Wildman–Crippen LogP) is -0.391. The number of rotatable bonds is 1. The lowest BCUT2D eigenvalue weighted by molar-refractivity contribution is -0.808. The molecule has 0 saturated heterocycles. The lowest BCUT2D eigenvalue weighted by atomic mass is 9.80. The van der Waals surface area contributed by atoms with Crippen LogP contribution in [0, 0.1) is 10.4 Å². The molecule has 1 aromatic carbocycles. The maximum Gasteiger partial charge on any atom is 0.263 e. The Morgan fingerprint density at radius 1 is 1.23 bits per heavy atom. The van der Waals surface area contributed by atoms with Crippen LogP contribution in [0.4, 0.5) is 0 Å². The fraction of sp³-hybridized carbons (Fsp3) is 0.357. The summed E-state index contributed by atoms with van der Waals surface area (Å²) >= 11 is 0. The van der Waals surface area contributed by atoms with Gasteiger partial charge in [0.2, 0.25) is 17.0 Å². The van der Waals surface area contributed by atoms with Crippen molar-refractivity contribution >= 4 is 5.71 Å². The molecule has 1 aliphatic heterocycles. The van der Waals surface area contributed by atoms with E-state index in [0.717, 1.165) is 0 Å². The molecule has 2 aromatic rings. The van der Waals surface area contributed by atoms with Crippen molar-refractivity contribution in [3.63, 3.8) is 0 Å². The van der Waals surface area contributed by atoms with Crippen molar-refractivity contribution in [2.75, 3.05) is 0 Å². The van der Waals surface area contributed by atoms with Crippen LogP contribution in [-0.4, -0.2) is 20.7 Å². The highest BCUT2D eigenvalue weighted by atomic mass is 16.8. The summed E-state index contributed by atoms with van der Waals surface area (Å²) in [5, 5.41) is 38.9. The van der Waals surface area contributed by atoms with Crippen LogP contribution in [0.2, 0.25) is 0 Å². The quantitative estimate of drug-likeness (QED) is 0.546. The van der Waals surface area contributed by atoms with Gasteiger partial charge in [-0.3, -0.25) is 10.4 Å². The number of hydrogen-bond donors (Lipinski definition) is 2. The summed E-state index contributed by atoms with van der Waals surface area (Å²) in [6.45, 7) is 0. The first-order chi connectivity index (χ1) is 10.5. The van der Waals surface area contributed by atoms with Gasteiger partial charge in [0.1, 0.15) is 0 Å². The predicted molar refractivity (Wildman–Crippen MR) is 73.2 cm³/mol. The third-order valence-electron chi connectivity index (χ3n) is 4.57. The van der Waals surface area contributed by atoms with Gasteiger partial charge in [-0.05, 0) is 4.90 Å². The molecular formula is C14H14N4O4. The van der Waals surface area contributed by atoms with Gasteiger partial charge in [-0.25, -0.2) is 0 Å². The summed E-state index contributed by atoms with van der Waals surface area (Å²) in [6.07, 6.45) is 0.439. The second kappa shape index (κ2) is 4.05. The van der Waals surface area contributed by atoms with E-state index >= 15 is 0 Å². The summed E-state index contributed by atoms with van der Waals surface area (Å²) in [7, 11) is 0. The molecule has 0 radical (unpaired) electrons. The number of fused-ring (bicyclic) bond motifs is 3. The second-order valence-corrected chi connectivity index (χ2v) is 5.79. The molecule has 2 heterocycles. The van der Waals surface area contributed by atoms with Crippen LogP contribution in [0.5, 0.6) is 0 Å². The SMILES string of the molecule is N[C@@]1(c2ccccc2)C[C@@]2(O)C(=[N+]1[O-])CCc1c2no[n+]1[O-]. The number of hydroxylamine groups is 1. The van der Waals surface area contributed by atoms with E-state index in [1.807, 2.05) is 6.07 Å². The first-order valence-corrected chi connectivity index (χ1v) is 6.96. The lowest BCUT2D eigenvalue weighted by Gasteiger charge is -2.24. The Labute approximate surface area is 125 Å². The zero-order valence-corrected chi connectivity index (χ0v) is 11.6. The highest BCUT2D eigenvalue weighted by molar-refractivity contribution is 5.92. The van der Waals surface area contributed by atoms with Gasteiger partial charge >= 0.3 is 0 Å². The number of nitrogens with two attached hydrogens (primary N) is 1. The molecule has 8 heteroatoms. The monoisotopic (exact) mass is 302 g/mol. The minimum absolute atomic E-state index is 0.0810. The van der Waals surface area contributed by atoms with Crippen molar-refractivity contribution in [3.8, 4) is 0 Å². The molecule has 22 heavy (non-hydrogen) atoms. The fourth-order valence-electron chi connectivity index (χ4n) is 3.47. The number of benzene rings is 1. The van der Waals surface area contributed by atoms with Crippen LogP contribution < -0.4 is 10.6 Å². The molecule has 1 aromatic heterocycles. The molecule has 0 fully saturated rings. The second-order valence-electron chi connectivity index (χ2n) is 5.79. The molecule has 3 N–H and O–H groups in total. The number of hydrogen-bond acceptors (Lipinski definition) is 6. The summed E-state index contributed by atoms with van der Waals surface area (Å²) in [6, 6.07) is 8.86. The maximum absolute atomic E-state index is 12.7. The van der Waals surface area contributed by atoms with E-state index in [1.54, 1.807) is 24.3 Å². The Balaban J connectivity index is 1.90. The zero-order chi connectivity index (χ0) is 15.5. The molecule has 8 nitrogen and oxygen atoms in total. The molecule has 2 atom stereocenters. The Morgan fingerprint density at radius 2 is 1.95 bits per heavy atom. The van der Waals surface area contributed by atoms with E-state index in [9.17, 15) is 15.5 Å². The van der Waals surface area contributed by atoms with Gasteiger partial charge in [0.25, 0.3) is 11.4 Å². The van der Waals surface area contributed by atoms with E-state index < -0.39 is 11.3 Å². The summed E-state index contributed by atoms with van der Waals surface area (Å²) in [5.74, 6) is 0. The average Bonchev–Trinajstić information content (AvgIpc) is 2.99. The fourth-order valence-corrected chi connectivity index (χ4v) is 3.47. The third-order valence-corrected chi connectivity index (χ3v) is 4.57. The molecule has 114 valence electrons. The molecule has 0 saturated carbocycles. The Morgan fingerprint density at radius 3 is 2.68 bits per heavy atom. The van der Waals surface area contributed by atoms with Crippen molar-refractivity contribution in [1.29, 1.82) is 0 Å². The minimum atomic E-state index is -1.67. The van der Waals surface area contributed by atoms with Crippen LogP contribution in [0.25, 0.3) is 0 Å². The van der Waals surface area contributed by atoms with Crippen LogP contribution in [0.3, 0.4) is 0 Å². The van der Waals surface area contributed by atoms with Crippen molar-refractivity contribution in [3.05, 3.63) is 57.7 Å². The van der Waals surface area contributed by atoms with Gasteiger partial charge in [0.15, 0.2) is 0 Å². The Hall–Kier alpha value is -2.45. The van der Waals surface area contributed by atoms with E-state index in [2.05, 4.69) is 9.79 Å². The highest BCUT2D eigenvalue weighted by Gasteiger charge is 2.64. The van der Waals surface area contributed by atoms with Crippen molar-refractivity contribution in [1.82, 2.24) is 5.16 Å². The van der Waals surface area contributed by atoms with Gasteiger partial charge in [-0.1, -0.05) is 30.3 Å². The first-order valence-electron chi connectivity index (χ1n) is 6.96. The van der Waals surface area contributed by atoms with Crippen LogP contribution in [0.15, 0.2) is 35.0 Å². The lowest BCUT2D eigenvalue weighted by Crippen LogP contribution is -2.44. The molecule has 0 bridgehead atoms. The smallest absolute Gasteiger partial charge is 0.263 e. The topological polar surface area (TPSA) is 125 Å². The van der Waals surface area contributed by atoms with Gasteiger partial charge in [-0.15, -0.1) is 0 Å². The van der Waals surface area contributed by atoms with E-state index in [4.69, 9.17) is 5.73 Å². The van der Waals surface area contributed by atoms with E-state index in [1.165, 1.54) is 0 Å². The van der Waals surface area contributed by atoms with Gasteiger partial charge in [0, 0.05) is 23.6 Å². The van der Waals surface area contributed by atoms with Crippen molar-refractivity contribution in [2.45, 2.75) is 30.5 Å². The molecule has 1 aliphatic carbocycles. The Kier molecular flexibility index (Phi) is 2.44. The molecule has 2 aliphatic rings. The Bertz CT molecular complexity index is 787. The van der Waals surface area contributed by atoms with Crippen molar-refractivity contribution < 1.29 is 19.4 Å². The average molecular weight is 302 g/mol. The van der Waals surface area contributed by atoms with Gasteiger partial charge < -0.3 is 15.5 Å². The number of nitrogens with zero attached hydrogens (tertiary/aromatic N) is 3. The largest absolute Gasteiger partial charge is 0.622 e. The summed E-state index contributed by atoms with van der Waals surface area (Å²) < 4.78 is 5.24. The molecule has 0 spiro atoms. The molecule has 4 rings (SSSR count). The number of aromatic nitrogens is 2. The number of aliphatic hydroxyl groups is 1. The summed E-state index contributed by atoms with van der Waals surface area (Å²) in [5.41, 5.74) is 4.41. The van der Waals surface area contributed by atoms with E-state index in [0.29, 0.717) is 10.3 Å². The standard InChI is InChI=1S/C14H14N4O4/c15-14(9-4-2-1-3-5-9)8-13(19)11(17(14)20)7-6-10-12(13)16-22-18(10)21/h1-5,19H,6-8,15H2/t13-,14+/m1/s1. The van der Waals surface area contributed by atoms with Crippen molar-refractivity contribution in [2.24, 2.45) is 5.73 Å². The first kappa shape index (κ1) is 13.2. The third kappa shape index (κ3) is 1.45. The highest BCUT2D eigenvalue weighted by Crippen LogP contribution is 2.45. The minimum Gasteiger partial charge on any atom is -0.622 e. The maximum atomic E-state index is 12.7. The van der Waals surface area contributed by atoms with Gasteiger partial charge in [-0.2, -0.15) is 4.74 Å². The van der Waals surface area contributed by atoms with Gasteiger partial charge in [0.05, 0.1) is 6.42 Å².